The molecule has 0 unspecified atom stereocenters. The molecule has 0 bridgehead atoms. The van der Waals surface area contributed by atoms with Gasteiger partial charge >= 0.3 is 0 Å². The molecule has 0 aliphatic heterocycles. The van der Waals surface area contributed by atoms with E-state index in [1.807, 2.05) is 0 Å². The lowest BCUT2D eigenvalue weighted by atomic mass is 10.1. The fourth-order valence-corrected chi connectivity index (χ4v) is 1.66. The van der Waals surface area contributed by atoms with Crippen LogP contribution in [0, 0.1) is 6.92 Å². The number of hydrogen-bond acceptors (Lipinski definition) is 1. The molecule has 0 rings (SSSR count). The van der Waals surface area contributed by atoms with Crippen LogP contribution >= 0.6 is 0 Å². The van der Waals surface area contributed by atoms with Crippen molar-refractivity contribution in [3.63, 3.8) is 0 Å². The third-order valence-corrected chi connectivity index (χ3v) is 3.51. The minimum absolute atomic E-state index is 0.126. The molecule has 0 aliphatic carbocycles. The van der Waals surface area contributed by atoms with Crippen LogP contribution < -0.4 is 0 Å². The quantitative estimate of drug-likeness (QED) is 0.440. The molecule has 1 nitrogen and oxygen atoms in total. The monoisotopic (exact) mass is 159 g/mol. The molecule has 0 fully saturated rings. The molecule has 0 amide bonds. The first-order chi connectivity index (χ1) is 4.62. The second kappa shape index (κ2) is 4.91. The number of rotatable bonds is 5. The summed E-state index contributed by atoms with van der Waals surface area (Å²) in [6, 6.07) is 1.21. The molecular formula is C8H19OSi. The van der Waals surface area contributed by atoms with Crippen molar-refractivity contribution < 1.29 is 4.43 Å². The fraction of sp³-hybridized carbons (Fsp3) is 0.875. The lowest BCUT2D eigenvalue weighted by molar-refractivity contribution is 0.111. The standard InChI is InChI=1S/C8H19OSi/c1-5-7-10-9-8(3,4)6-2/h1,5-7,10H2,2-4H3. The smallest absolute Gasteiger partial charge is 0.162 e. The highest BCUT2D eigenvalue weighted by Crippen LogP contribution is 2.12. The maximum absolute atomic E-state index is 5.72. The van der Waals surface area contributed by atoms with Gasteiger partial charge in [0.15, 0.2) is 9.76 Å². The van der Waals surface area contributed by atoms with E-state index in [0.29, 0.717) is 0 Å². The van der Waals surface area contributed by atoms with Gasteiger partial charge in [0.05, 0.1) is 0 Å². The predicted molar refractivity (Wildman–Crippen MR) is 48.8 cm³/mol. The molecular weight excluding hydrogens is 140 g/mol. The summed E-state index contributed by atoms with van der Waals surface area (Å²) in [6.45, 7) is 10.3. The minimum Gasteiger partial charge on any atom is -0.419 e. The average molecular weight is 159 g/mol. The van der Waals surface area contributed by atoms with Gasteiger partial charge in [-0.15, -0.1) is 0 Å². The first kappa shape index (κ1) is 10.2. The Kier molecular flexibility index (Phi) is 5.00. The summed E-state index contributed by atoms with van der Waals surface area (Å²) in [5, 5.41) is 0. The first-order valence-electron chi connectivity index (χ1n) is 4.05. The summed E-state index contributed by atoms with van der Waals surface area (Å²) >= 11 is 0. The predicted octanol–water partition coefficient (Wildman–Crippen LogP) is 1.92. The van der Waals surface area contributed by atoms with Gasteiger partial charge in [0, 0.05) is 5.60 Å². The Morgan fingerprint density at radius 1 is 1.50 bits per heavy atom. The van der Waals surface area contributed by atoms with Crippen molar-refractivity contribution in [2.45, 2.75) is 45.3 Å². The van der Waals surface area contributed by atoms with Crippen LogP contribution in [0.4, 0.5) is 0 Å². The van der Waals surface area contributed by atoms with E-state index in [0.717, 1.165) is 12.8 Å². The number of hydrogen-bond donors (Lipinski definition) is 0. The Hall–Kier alpha value is 0.177. The third kappa shape index (κ3) is 5.00. The van der Waals surface area contributed by atoms with Crippen molar-refractivity contribution in [2.75, 3.05) is 0 Å². The van der Waals surface area contributed by atoms with Gasteiger partial charge in [-0.3, -0.25) is 0 Å². The Morgan fingerprint density at radius 3 is 2.50 bits per heavy atom. The zero-order valence-corrected chi connectivity index (χ0v) is 8.86. The summed E-state index contributed by atoms with van der Waals surface area (Å²) in [4.78, 5) is 0. The molecule has 0 saturated carbocycles. The van der Waals surface area contributed by atoms with Crippen molar-refractivity contribution in [3.05, 3.63) is 6.92 Å². The van der Waals surface area contributed by atoms with Crippen molar-refractivity contribution in [2.24, 2.45) is 0 Å². The highest BCUT2D eigenvalue weighted by atomic mass is 28.2. The lowest BCUT2D eigenvalue weighted by Crippen LogP contribution is -2.24. The molecule has 0 saturated heterocycles. The van der Waals surface area contributed by atoms with Gasteiger partial charge in [-0.1, -0.05) is 20.3 Å². The topological polar surface area (TPSA) is 9.23 Å². The van der Waals surface area contributed by atoms with Gasteiger partial charge in [0.25, 0.3) is 0 Å². The van der Waals surface area contributed by atoms with Crippen molar-refractivity contribution in [3.8, 4) is 0 Å². The Balaban J connectivity index is 3.28. The van der Waals surface area contributed by atoms with Gasteiger partial charge in [-0.25, -0.2) is 0 Å². The van der Waals surface area contributed by atoms with Crippen LogP contribution in [-0.2, 0) is 4.43 Å². The third-order valence-electron chi connectivity index (χ3n) is 1.74. The minimum atomic E-state index is -0.266. The van der Waals surface area contributed by atoms with Crippen molar-refractivity contribution in [1.29, 1.82) is 0 Å². The second-order valence-corrected chi connectivity index (χ2v) is 4.57. The molecule has 0 aliphatic rings. The van der Waals surface area contributed by atoms with Crippen LogP contribution in [-0.4, -0.2) is 15.4 Å². The molecule has 0 spiro atoms. The average Bonchev–Trinajstić information content (AvgIpc) is 1.89. The largest absolute Gasteiger partial charge is 0.419 e. The van der Waals surface area contributed by atoms with Crippen LogP contribution in [0.1, 0.15) is 33.6 Å². The molecule has 1 radical (unpaired) electrons. The Morgan fingerprint density at radius 2 is 2.10 bits per heavy atom. The van der Waals surface area contributed by atoms with Gasteiger partial charge in [-0.2, -0.15) is 0 Å². The van der Waals surface area contributed by atoms with E-state index in [2.05, 4.69) is 27.7 Å². The van der Waals surface area contributed by atoms with Gasteiger partial charge in [0.1, 0.15) is 0 Å². The zero-order chi connectivity index (χ0) is 8.04. The first-order valence-corrected chi connectivity index (χ1v) is 5.63. The SMILES string of the molecule is [CH2]CC[SiH2]OC(C)(C)CC. The van der Waals surface area contributed by atoms with E-state index in [1.165, 1.54) is 6.04 Å². The summed E-state index contributed by atoms with van der Waals surface area (Å²) in [5.41, 5.74) is 0.126. The molecule has 2 heteroatoms. The molecule has 0 aromatic heterocycles. The van der Waals surface area contributed by atoms with Crippen molar-refractivity contribution >= 4 is 9.76 Å². The molecule has 0 atom stereocenters. The zero-order valence-electron chi connectivity index (χ0n) is 7.44. The lowest BCUT2D eigenvalue weighted by Gasteiger charge is -2.23. The second-order valence-electron chi connectivity index (χ2n) is 3.17. The summed E-state index contributed by atoms with van der Waals surface area (Å²) in [6.07, 6.45) is 2.14. The van der Waals surface area contributed by atoms with Gasteiger partial charge < -0.3 is 4.43 Å². The fourth-order valence-electron chi connectivity index (χ4n) is 0.553. The van der Waals surface area contributed by atoms with Crippen LogP contribution in [0.2, 0.25) is 6.04 Å². The van der Waals surface area contributed by atoms with Gasteiger partial charge in [-0.05, 0) is 26.3 Å². The summed E-state index contributed by atoms with van der Waals surface area (Å²) < 4.78 is 5.72. The molecule has 0 N–H and O–H groups in total. The van der Waals surface area contributed by atoms with Crippen LogP contribution in [0.25, 0.3) is 0 Å². The Labute approximate surface area is 67.1 Å². The van der Waals surface area contributed by atoms with Crippen LogP contribution in [0.15, 0.2) is 0 Å². The molecule has 10 heavy (non-hydrogen) atoms. The van der Waals surface area contributed by atoms with Gasteiger partial charge in [0.2, 0.25) is 0 Å². The molecule has 0 aromatic carbocycles. The molecule has 0 heterocycles. The molecule has 61 valence electrons. The van der Waals surface area contributed by atoms with Crippen LogP contribution in [0.3, 0.4) is 0 Å². The maximum Gasteiger partial charge on any atom is 0.162 e. The van der Waals surface area contributed by atoms with E-state index in [4.69, 9.17) is 4.43 Å². The highest BCUT2D eigenvalue weighted by molar-refractivity contribution is 6.27. The van der Waals surface area contributed by atoms with E-state index in [-0.39, 0.29) is 15.4 Å². The summed E-state index contributed by atoms with van der Waals surface area (Å²) in [7, 11) is -0.266. The van der Waals surface area contributed by atoms with E-state index < -0.39 is 0 Å². The molecule has 0 aromatic rings. The normalized spacial score (nSPS) is 13.2. The van der Waals surface area contributed by atoms with Crippen molar-refractivity contribution in [1.82, 2.24) is 0 Å². The van der Waals surface area contributed by atoms with E-state index in [1.54, 1.807) is 0 Å². The summed E-state index contributed by atoms with van der Waals surface area (Å²) in [5.74, 6) is 0. The van der Waals surface area contributed by atoms with Crippen LogP contribution in [0.5, 0.6) is 0 Å². The Bertz CT molecular complexity index is 81.3. The van der Waals surface area contributed by atoms with E-state index in [9.17, 15) is 0 Å². The highest BCUT2D eigenvalue weighted by Gasteiger charge is 2.13. The van der Waals surface area contributed by atoms with E-state index >= 15 is 0 Å². The maximum atomic E-state index is 5.72.